The third kappa shape index (κ3) is 2.59. The Labute approximate surface area is 71.3 Å². The van der Waals surface area contributed by atoms with Crippen LogP contribution in [0.1, 0.15) is 6.92 Å². The van der Waals surface area contributed by atoms with Gasteiger partial charge in [-0.15, -0.1) is 0 Å². The van der Waals surface area contributed by atoms with E-state index in [0.717, 1.165) is 0 Å². The second kappa shape index (κ2) is 4.35. The van der Waals surface area contributed by atoms with Crippen LogP contribution in [0.25, 0.3) is 0 Å². The maximum Gasteiger partial charge on any atom is 0.221 e. The molecule has 1 aromatic carbocycles. The molecule has 6 N–H and O–H groups in total. The molecule has 1 aromatic rings. The van der Waals surface area contributed by atoms with Gasteiger partial charge < -0.3 is 17.2 Å². The lowest BCUT2D eigenvalue weighted by molar-refractivity contribution is -0.114. The zero-order valence-electron chi connectivity index (χ0n) is 7.00. The summed E-state index contributed by atoms with van der Waals surface area (Å²) in [4.78, 5) is 10.6. The Morgan fingerprint density at radius 2 is 2.00 bits per heavy atom. The minimum Gasteiger partial charge on any atom is -0.397 e. The Morgan fingerprint density at radius 1 is 1.42 bits per heavy atom. The van der Waals surface area contributed by atoms with Gasteiger partial charge in [-0.1, -0.05) is 12.1 Å². The molecule has 0 heterocycles. The van der Waals surface area contributed by atoms with Crippen LogP contribution in [0.2, 0.25) is 0 Å². The summed E-state index contributed by atoms with van der Waals surface area (Å²) in [6.45, 7) is 1.45. The Bertz CT molecular complexity index is 273. The van der Waals surface area contributed by atoms with Gasteiger partial charge in [0.25, 0.3) is 0 Å². The lowest BCUT2D eigenvalue weighted by Gasteiger charge is -2.03. The monoisotopic (exact) mass is 167 g/mol. The van der Waals surface area contributed by atoms with Crippen molar-refractivity contribution in [1.29, 1.82) is 0 Å². The van der Waals surface area contributed by atoms with Crippen molar-refractivity contribution in [3.63, 3.8) is 0 Å². The largest absolute Gasteiger partial charge is 0.397 e. The lowest BCUT2D eigenvalue weighted by atomic mass is 10.3. The van der Waals surface area contributed by atoms with Gasteiger partial charge in [0.2, 0.25) is 5.91 Å². The predicted molar refractivity (Wildman–Crippen MR) is 50.2 cm³/mol. The molecule has 4 heteroatoms. The van der Waals surface area contributed by atoms with Crippen molar-refractivity contribution in [2.45, 2.75) is 6.92 Å². The van der Waals surface area contributed by atoms with Crippen molar-refractivity contribution in [3.8, 4) is 0 Å². The molecule has 0 radical (unpaired) electrons. The SMILES string of the molecule is CC(=O)Nc1ccccc1N.N. The number of benzene rings is 1. The number of anilines is 2. The summed E-state index contributed by atoms with van der Waals surface area (Å²) in [5.74, 6) is -0.108. The molecule has 0 fully saturated rings. The molecule has 1 amide bonds. The average molecular weight is 167 g/mol. The Kier molecular flexibility index (Phi) is 3.79. The molecule has 0 aromatic heterocycles. The molecule has 0 saturated carbocycles. The fourth-order valence-corrected chi connectivity index (χ4v) is 0.800. The topological polar surface area (TPSA) is 90.1 Å². The number of para-hydroxylation sites is 2. The van der Waals surface area contributed by atoms with E-state index in [1.807, 2.05) is 12.1 Å². The van der Waals surface area contributed by atoms with Crippen LogP contribution in [-0.4, -0.2) is 5.91 Å². The smallest absolute Gasteiger partial charge is 0.221 e. The first-order valence-corrected chi connectivity index (χ1v) is 3.32. The minimum atomic E-state index is -0.108. The molecule has 0 aliphatic heterocycles. The van der Waals surface area contributed by atoms with Crippen LogP contribution in [0, 0.1) is 0 Å². The van der Waals surface area contributed by atoms with Gasteiger partial charge in [0.15, 0.2) is 0 Å². The van der Waals surface area contributed by atoms with Crippen LogP contribution >= 0.6 is 0 Å². The first-order chi connectivity index (χ1) is 5.20. The highest BCUT2D eigenvalue weighted by Gasteiger charge is 1.97. The molecule has 0 aliphatic rings. The van der Waals surface area contributed by atoms with Crippen molar-refractivity contribution in [2.75, 3.05) is 11.1 Å². The molecule has 0 saturated heterocycles. The van der Waals surface area contributed by atoms with Crippen LogP contribution < -0.4 is 17.2 Å². The highest BCUT2D eigenvalue weighted by Crippen LogP contribution is 2.15. The van der Waals surface area contributed by atoms with E-state index < -0.39 is 0 Å². The first kappa shape index (κ1) is 10.4. The number of hydrogen-bond acceptors (Lipinski definition) is 3. The number of hydrogen-bond donors (Lipinski definition) is 3. The van der Waals surface area contributed by atoms with Crippen LogP contribution in [0.3, 0.4) is 0 Å². The Morgan fingerprint density at radius 3 is 2.50 bits per heavy atom. The molecule has 0 atom stereocenters. The molecular weight excluding hydrogens is 154 g/mol. The van der Waals surface area contributed by atoms with E-state index in [0.29, 0.717) is 11.4 Å². The number of carbonyl (C=O) groups is 1. The summed E-state index contributed by atoms with van der Waals surface area (Å²) < 4.78 is 0. The van der Waals surface area contributed by atoms with Gasteiger partial charge in [0, 0.05) is 6.92 Å². The summed E-state index contributed by atoms with van der Waals surface area (Å²) in [7, 11) is 0. The van der Waals surface area contributed by atoms with E-state index in [2.05, 4.69) is 5.32 Å². The zero-order valence-corrected chi connectivity index (χ0v) is 7.00. The standard InChI is InChI=1S/C8H10N2O.H3N/c1-6(11)10-8-5-3-2-4-7(8)9;/h2-5H,9H2,1H3,(H,10,11);1H3. The fourth-order valence-electron chi connectivity index (χ4n) is 0.800. The van der Waals surface area contributed by atoms with E-state index in [1.165, 1.54) is 6.92 Å². The lowest BCUT2D eigenvalue weighted by Crippen LogP contribution is -2.07. The second-order valence-electron chi connectivity index (χ2n) is 2.27. The number of rotatable bonds is 1. The molecule has 66 valence electrons. The third-order valence-corrected chi connectivity index (χ3v) is 1.27. The molecule has 0 bridgehead atoms. The summed E-state index contributed by atoms with van der Waals surface area (Å²) in [5, 5.41) is 2.61. The molecule has 0 unspecified atom stereocenters. The van der Waals surface area contributed by atoms with Crippen molar-refractivity contribution in [3.05, 3.63) is 24.3 Å². The van der Waals surface area contributed by atoms with Crippen molar-refractivity contribution >= 4 is 17.3 Å². The second-order valence-corrected chi connectivity index (χ2v) is 2.27. The summed E-state index contributed by atoms with van der Waals surface area (Å²) in [5.41, 5.74) is 6.81. The molecule has 4 nitrogen and oxygen atoms in total. The van der Waals surface area contributed by atoms with E-state index >= 15 is 0 Å². The zero-order chi connectivity index (χ0) is 8.27. The van der Waals surface area contributed by atoms with Gasteiger partial charge in [-0.3, -0.25) is 4.79 Å². The normalized spacial score (nSPS) is 8.42. The number of nitrogens with one attached hydrogen (secondary N) is 1. The van der Waals surface area contributed by atoms with Crippen molar-refractivity contribution in [1.82, 2.24) is 6.15 Å². The van der Waals surface area contributed by atoms with Crippen LogP contribution in [0.5, 0.6) is 0 Å². The molecule has 12 heavy (non-hydrogen) atoms. The van der Waals surface area contributed by atoms with E-state index in [9.17, 15) is 4.79 Å². The third-order valence-electron chi connectivity index (χ3n) is 1.27. The van der Waals surface area contributed by atoms with Gasteiger partial charge in [0.05, 0.1) is 11.4 Å². The summed E-state index contributed by atoms with van der Waals surface area (Å²) >= 11 is 0. The highest BCUT2D eigenvalue weighted by atomic mass is 16.1. The maximum absolute atomic E-state index is 10.6. The molecule has 0 spiro atoms. The molecule has 0 aliphatic carbocycles. The predicted octanol–water partition coefficient (Wildman–Crippen LogP) is 1.39. The van der Waals surface area contributed by atoms with E-state index in [4.69, 9.17) is 5.73 Å². The van der Waals surface area contributed by atoms with Gasteiger partial charge in [0.1, 0.15) is 0 Å². The van der Waals surface area contributed by atoms with E-state index in [-0.39, 0.29) is 12.1 Å². The number of nitrogen functional groups attached to an aromatic ring is 1. The highest BCUT2D eigenvalue weighted by molar-refractivity contribution is 5.91. The van der Waals surface area contributed by atoms with E-state index in [1.54, 1.807) is 12.1 Å². The van der Waals surface area contributed by atoms with Gasteiger partial charge >= 0.3 is 0 Å². The summed E-state index contributed by atoms with van der Waals surface area (Å²) in [6, 6.07) is 7.14. The van der Waals surface area contributed by atoms with Crippen molar-refractivity contribution in [2.24, 2.45) is 0 Å². The van der Waals surface area contributed by atoms with Crippen LogP contribution in [-0.2, 0) is 4.79 Å². The van der Waals surface area contributed by atoms with Crippen LogP contribution in [0.4, 0.5) is 11.4 Å². The van der Waals surface area contributed by atoms with Crippen LogP contribution in [0.15, 0.2) is 24.3 Å². The van der Waals surface area contributed by atoms with Gasteiger partial charge in [-0.25, -0.2) is 0 Å². The Hall–Kier alpha value is -1.55. The minimum absolute atomic E-state index is 0. The Balaban J connectivity index is 0.00000121. The molecular formula is C8H13N3O. The number of amides is 1. The van der Waals surface area contributed by atoms with Gasteiger partial charge in [-0.05, 0) is 12.1 Å². The first-order valence-electron chi connectivity index (χ1n) is 3.32. The number of nitrogens with two attached hydrogens (primary N) is 1. The van der Waals surface area contributed by atoms with Crippen molar-refractivity contribution < 1.29 is 4.79 Å². The maximum atomic E-state index is 10.6. The average Bonchev–Trinajstić information content (AvgIpc) is 1.93. The number of carbonyl (C=O) groups excluding carboxylic acids is 1. The van der Waals surface area contributed by atoms with Gasteiger partial charge in [-0.2, -0.15) is 0 Å². The summed E-state index contributed by atoms with van der Waals surface area (Å²) in [6.07, 6.45) is 0. The molecule has 1 rings (SSSR count). The quantitative estimate of drug-likeness (QED) is 0.552. The fraction of sp³-hybridized carbons (Fsp3) is 0.125.